The van der Waals surface area contributed by atoms with Gasteiger partial charge in [-0.2, -0.15) is 0 Å². The van der Waals surface area contributed by atoms with E-state index in [2.05, 4.69) is 4.98 Å². The number of aromatic nitrogens is 2. The summed E-state index contributed by atoms with van der Waals surface area (Å²) in [5.41, 5.74) is -0.870. The molecule has 2 aromatic heterocycles. The predicted octanol–water partition coefficient (Wildman–Crippen LogP) is 0.914. The lowest BCUT2D eigenvalue weighted by atomic mass is 10.2. The van der Waals surface area contributed by atoms with Crippen LogP contribution in [0.5, 0.6) is 0 Å². The number of carboxylic acid groups (broad SMARTS) is 1. The van der Waals surface area contributed by atoms with E-state index in [0.29, 0.717) is 15.7 Å². The van der Waals surface area contributed by atoms with E-state index in [9.17, 15) is 13.8 Å². The zero-order chi connectivity index (χ0) is 13.4. The SMILES string of the molecule is CCn1cc(C(=O)O)c(=O)c2nc(S(C)=O)sc21. The van der Waals surface area contributed by atoms with Crippen molar-refractivity contribution in [2.75, 3.05) is 6.26 Å². The molecule has 2 aromatic rings. The highest BCUT2D eigenvalue weighted by molar-refractivity contribution is 7.86. The van der Waals surface area contributed by atoms with Crippen molar-refractivity contribution >= 4 is 38.5 Å². The molecule has 2 rings (SSSR count). The smallest absolute Gasteiger partial charge is 0.341 e. The predicted molar refractivity (Wildman–Crippen MR) is 68.8 cm³/mol. The van der Waals surface area contributed by atoms with Gasteiger partial charge in [0.25, 0.3) is 0 Å². The molecule has 6 nitrogen and oxygen atoms in total. The minimum absolute atomic E-state index is 0.0759. The number of hydrogen-bond donors (Lipinski definition) is 1. The quantitative estimate of drug-likeness (QED) is 0.906. The van der Waals surface area contributed by atoms with Gasteiger partial charge in [0.05, 0.1) is 10.8 Å². The molecule has 96 valence electrons. The van der Waals surface area contributed by atoms with Crippen LogP contribution < -0.4 is 5.43 Å². The van der Waals surface area contributed by atoms with E-state index in [1.54, 1.807) is 4.57 Å². The highest BCUT2D eigenvalue weighted by atomic mass is 32.2. The van der Waals surface area contributed by atoms with E-state index in [0.717, 1.165) is 11.3 Å². The number of carboxylic acids is 1. The van der Waals surface area contributed by atoms with Gasteiger partial charge in [0.1, 0.15) is 15.9 Å². The summed E-state index contributed by atoms with van der Waals surface area (Å²) in [5, 5.41) is 8.96. The van der Waals surface area contributed by atoms with Crippen LogP contribution in [0, 0.1) is 0 Å². The lowest BCUT2D eigenvalue weighted by Gasteiger charge is -2.04. The van der Waals surface area contributed by atoms with Gasteiger partial charge >= 0.3 is 5.97 Å². The minimum atomic E-state index is -1.29. The summed E-state index contributed by atoms with van der Waals surface area (Å²) in [6, 6.07) is 0. The van der Waals surface area contributed by atoms with Crippen LogP contribution in [0.1, 0.15) is 17.3 Å². The molecule has 0 aromatic carbocycles. The van der Waals surface area contributed by atoms with E-state index < -0.39 is 22.2 Å². The Balaban J connectivity index is 2.90. The Morgan fingerprint density at radius 1 is 1.61 bits per heavy atom. The molecule has 8 heteroatoms. The lowest BCUT2D eigenvalue weighted by Crippen LogP contribution is -2.18. The van der Waals surface area contributed by atoms with Crippen molar-refractivity contribution < 1.29 is 14.1 Å². The second-order valence-corrected chi connectivity index (χ2v) is 6.08. The first-order valence-corrected chi connectivity index (χ1v) is 7.43. The third kappa shape index (κ3) is 1.97. The number of carbonyl (C=O) groups is 1. The van der Waals surface area contributed by atoms with Crippen LogP contribution in [0.25, 0.3) is 10.3 Å². The van der Waals surface area contributed by atoms with E-state index in [1.807, 2.05) is 6.92 Å². The van der Waals surface area contributed by atoms with Crippen molar-refractivity contribution in [2.45, 2.75) is 17.8 Å². The van der Waals surface area contributed by atoms with Crippen LogP contribution in [0.3, 0.4) is 0 Å². The molecule has 0 fully saturated rings. The Labute approximate surface area is 108 Å². The van der Waals surface area contributed by atoms with Gasteiger partial charge in [-0.15, -0.1) is 0 Å². The molecule has 0 saturated heterocycles. The van der Waals surface area contributed by atoms with Gasteiger partial charge in [-0.05, 0) is 6.92 Å². The maximum absolute atomic E-state index is 11.9. The first kappa shape index (κ1) is 12.9. The molecule has 1 atom stereocenters. The van der Waals surface area contributed by atoms with Crippen molar-refractivity contribution in [3.8, 4) is 0 Å². The third-order valence-electron chi connectivity index (χ3n) is 2.41. The molecular formula is C10H10N2O4S2. The fourth-order valence-corrected chi connectivity index (χ4v) is 3.31. The Bertz CT molecular complexity index is 716. The average molecular weight is 286 g/mol. The Kier molecular flexibility index (Phi) is 3.31. The van der Waals surface area contributed by atoms with E-state index in [4.69, 9.17) is 5.11 Å². The van der Waals surface area contributed by atoms with Gasteiger partial charge in [0.2, 0.25) is 5.43 Å². The van der Waals surface area contributed by atoms with Crippen LogP contribution in [-0.4, -0.2) is 31.1 Å². The second-order valence-electron chi connectivity index (χ2n) is 3.55. The molecule has 2 heterocycles. The van der Waals surface area contributed by atoms with Crippen LogP contribution in [0.15, 0.2) is 15.3 Å². The summed E-state index contributed by atoms with van der Waals surface area (Å²) in [7, 11) is -1.29. The largest absolute Gasteiger partial charge is 0.477 e. The molecular weight excluding hydrogens is 276 g/mol. The molecule has 0 bridgehead atoms. The zero-order valence-corrected chi connectivity index (χ0v) is 11.3. The van der Waals surface area contributed by atoms with Gasteiger partial charge < -0.3 is 9.67 Å². The van der Waals surface area contributed by atoms with Crippen LogP contribution in [0.4, 0.5) is 0 Å². The highest BCUT2D eigenvalue weighted by Gasteiger charge is 2.18. The van der Waals surface area contributed by atoms with E-state index in [1.165, 1.54) is 12.5 Å². The average Bonchev–Trinajstić information content (AvgIpc) is 2.74. The molecule has 1 N–H and O–H groups in total. The summed E-state index contributed by atoms with van der Waals surface area (Å²) in [4.78, 5) is 27.4. The fraction of sp³-hybridized carbons (Fsp3) is 0.300. The van der Waals surface area contributed by atoms with Gasteiger partial charge in [-0.25, -0.2) is 9.78 Å². The Hall–Kier alpha value is -1.54. The molecule has 0 aliphatic carbocycles. The molecule has 0 spiro atoms. The topological polar surface area (TPSA) is 89.3 Å². The van der Waals surface area contributed by atoms with Crippen molar-refractivity contribution in [1.29, 1.82) is 0 Å². The van der Waals surface area contributed by atoms with E-state index >= 15 is 0 Å². The molecule has 0 amide bonds. The van der Waals surface area contributed by atoms with Crippen LogP contribution in [-0.2, 0) is 17.3 Å². The molecule has 0 saturated carbocycles. The van der Waals surface area contributed by atoms with Crippen LogP contribution >= 0.6 is 11.3 Å². The number of aromatic carboxylic acids is 1. The molecule has 18 heavy (non-hydrogen) atoms. The van der Waals surface area contributed by atoms with Gasteiger partial charge in [0.15, 0.2) is 4.34 Å². The first-order chi connectivity index (χ1) is 8.45. The molecule has 0 aliphatic rings. The lowest BCUT2D eigenvalue weighted by molar-refractivity contribution is 0.0695. The maximum atomic E-state index is 11.9. The number of nitrogens with zero attached hydrogens (tertiary/aromatic N) is 2. The molecule has 0 radical (unpaired) electrons. The van der Waals surface area contributed by atoms with Crippen molar-refractivity contribution in [3.05, 3.63) is 22.0 Å². The monoisotopic (exact) mass is 286 g/mol. The zero-order valence-electron chi connectivity index (χ0n) is 9.67. The number of hydrogen-bond acceptors (Lipinski definition) is 5. The highest BCUT2D eigenvalue weighted by Crippen LogP contribution is 2.22. The van der Waals surface area contributed by atoms with Crippen molar-refractivity contribution in [2.24, 2.45) is 0 Å². The molecule has 0 aliphatic heterocycles. The number of aryl methyl sites for hydroxylation is 1. The maximum Gasteiger partial charge on any atom is 0.341 e. The number of fused-ring (bicyclic) bond motifs is 1. The third-order valence-corrected chi connectivity index (χ3v) is 4.84. The summed E-state index contributed by atoms with van der Waals surface area (Å²) in [6.45, 7) is 2.34. The summed E-state index contributed by atoms with van der Waals surface area (Å²) in [6.07, 6.45) is 2.77. The summed E-state index contributed by atoms with van der Waals surface area (Å²) in [5.74, 6) is -1.28. The normalized spacial score (nSPS) is 12.8. The number of thiazole rings is 1. The number of pyridine rings is 1. The van der Waals surface area contributed by atoms with Gasteiger partial charge in [-0.1, -0.05) is 11.3 Å². The fourth-order valence-electron chi connectivity index (χ4n) is 1.55. The second kappa shape index (κ2) is 4.62. The van der Waals surface area contributed by atoms with Crippen molar-refractivity contribution in [1.82, 2.24) is 9.55 Å². The van der Waals surface area contributed by atoms with Crippen molar-refractivity contribution in [3.63, 3.8) is 0 Å². The summed E-state index contributed by atoms with van der Waals surface area (Å²) < 4.78 is 13.3. The van der Waals surface area contributed by atoms with Gasteiger partial charge in [0, 0.05) is 19.0 Å². The summed E-state index contributed by atoms with van der Waals surface area (Å²) >= 11 is 1.15. The number of rotatable bonds is 3. The van der Waals surface area contributed by atoms with Crippen LogP contribution in [0.2, 0.25) is 0 Å². The Morgan fingerprint density at radius 3 is 2.78 bits per heavy atom. The standard InChI is InChI=1S/C10H10N2O4S2/c1-3-12-4-5(9(14)15)7(13)6-8(12)17-10(11-6)18(2)16/h4H,3H2,1-2H3,(H,14,15). The van der Waals surface area contributed by atoms with E-state index in [-0.39, 0.29) is 11.1 Å². The van der Waals surface area contributed by atoms with Gasteiger partial charge in [-0.3, -0.25) is 9.00 Å². The molecule has 1 unspecified atom stereocenters. The first-order valence-electron chi connectivity index (χ1n) is 5.06. The minimum Gasteiger partial charge on any atom is -0.477 e. The Morgan fingerprint density at radius 2 is 2.28 bits per heavy atom.